The maximum Gasteiger partial charge on any atom is 0.329 e. The number of carboxylic acids is 1. The molecule has 16 heavy (non-hydrogen) atoms. The number of rotatable bonds is 6. The minimum Gasteiger partial charge on any atom is -0.480 e. The highest BCUT2D eigenvalue weighted by atomic mass is 16.5. The predicted octanol–water partition coefficient (Wildman–Crippen LogP) is -0.275. The summed E-state index contributed by atoms with van der Waals surface area (Å²) in [7, 11) is 1.66. The fourth-order valence-electron chi connectivity index (χ4n) is 1.53. The minimum absolute atomic E-state index is 0.105. The number of hydrogen-bond donors (Lipinski definition) is 1. The van der Waals surface area contributed by atoms with Crippen LogP contribution in [0.2, 0.25) is 0 Å². The molecule has 0 saturated carbocycles. The number of amides is 1. The van der Waals surface area contributed by atoms with Crippen molar-refractivity contribution < 1.29 is 24.2 Å². The summed E-state index contributed by atoms with van der Waals surface area (Å²) in [6.45, 7) is 0.645. The summed E-state index contributed by atoms with van der Waals surface area (Å²) in [4.78, 5) is 23.1. The van der Waals surface area contributed by atoms with E-state index in [0.29, 0.717) is 6.54 Å². The van der Waals surface area contributed by atoms with Gasteiger partial charge in [-0.05, 0) is 12.8 Å². The van der Waals surface area contributed by atoms with E-state index in [1.165, 1.54) is 4.90 Å². The third kappa shape index (κ3) is 4.59. The van der Waals surface area contributed by atoms with Crippen molar-refractivity contribution in [3.63, 3.8) is 0 Å². The van der Waals surface area contributed by atoms with Crippen LogP contribution in [-0.2, 0) is 19.1 Å². The zero-order valence-electron chi connectivity index (χ0n) is 9.35. The van der Waals surface area contributed by atoms with Gasteiger partial charge in [0.1, 0.15) is 13.2 Å². The van der Waals surface area contributed by atoms with Gasteiger partial charge in [-0.3, -0.25) is 4.79 Å². The van der Waals surface area contributed by atoms with Crippen molar-refractivity contribution in [3.05, 3.63) is 0 Å². The van der Waals surface area contributed by atoms with Crippen LogP contribution >= 0.6 is 0 Å². The fraction of sp³-hybridized carbons (Fsp3) is 0.800. The lowest BCUT2D eigenvalue weighted by Gasteiger charge is -2.20. The molecule has 1 saturated heterocycles. The highest BCUT2D eigenvalue weighted by Crippen LogP contribution is 2.12. The van der Waals surface area contributed by atoms with Crippen LogP contribution < -0.4 is 0 Å². The zero-order valence-corrected chi connectivity index (χ0v) is 9.35. The summed E-state index contributed by atoms with van der Waals surface area (Å²) < 4.78 is 10.1. The molecule has 92 valence electrons. The van der Waals surface area contributed by atoms with E-state index in [9.17, 15) is 9.59 Å². The van der Waals surface area contributed by atoms with Gasteiger partial charge >= 0.3 is 5.97 Å². The van der Waals surface area contributed by atoms with Crippen LogP contribution in [0.15, 0.2) is 0 Å². The second kappa shape index (κ2) is 6.44. The highest BCUT2D eigenvalue weighted by molar-refractivity contribution is 5.77. The van der Waals surface area contributed by atoms with Gasteiger partial charge in [0.05, 0.1) is 6.10 Å². The maximum atomic E-state index is 11.5. The predicted molar refractivity (Wildman–Crippen MR) is 55.1 cm³/mol. The number of hydrogen-bond acceptors (Lipinski definition) is 4. The van der Waals surface area contributed by atoms with Gasteiger partial charge in [0.25, 0.3) is 0 Å². The second-order valence-electron chi connectivity index (χ2n) is 3.80. The normalized spacial score (nSPS) is 19.7. The van der Waals surface area contributed by atoms with E-state index in [4.69, 9.17) is 14.6 Å². The van der Waals surface area contributed by atoms with Gasteiger partial charge in [0.15, 0.2) is 0 Å². The average Bonchev–Trinajstić information content (AvgIpc) is 2.69. The first-order chi connectivity index (χ1) is 7.59. The molecule has 1 amide bonds. The number of carbonyl (C=O) groups is 2. The molecule has 0 aromatic rings. The van der Waals surface area contributed by atoms with Crippen molar-refractivity contribution in [3.8, 4) is 0 Å². The molecular weight excluding hydrogens is 214 g/mol. The molecule has 1 heterocycles. The van der Waals surface area contributed by atoms with E-state index >= 15 is 0 Å². The lowest BCUT2D eigenvalue weighted by molar-refractivity contribution is -0.145. The summed E-state index contributed by atoms with van der Waals surface area (Å²) in [5, 5.41) is 8.32. The third-order valence-electron chi connectivity index (χ3n) is 2.38. The standard InChI is InChI=1S/C10H17NO5/c1-11(5-8-3-2-4-16-8)9(12)6-15-7-10(13)14/h8H,2-7H2,1H3,(H,13,14). The van der Waals surface area contributed by atoms with Gasteiger partial charge < -0.3 is 19.5 Å². The number of likely N-dealkylation sites (N-methyl/N-ethyl adjacent to an activating group) is 1. The molecule has 1 rings (SSSR count). The SMILES string of the molecule is CN(CC1CCCO1)C(=O)COCC(=O)O. The number of nitrogens with zero attached hydrogens (tertiary/aromatic N) is 1. The first-order valence-electron chi connectivity index (χ1n) is 5.24. The molecule has 0 spiro atoms. The van der Waals surface area contributed by atoms with E-state index < -0.39 is 12.6 Å². The molecule has 0 radical (unpaired) electrons. The van der Waals surface area contributed by atoms with E-state index in [1.54, 1.807) is 7.05 Å². The molecule has 0 aliphatic carbocycles. The van der Waals surface area contributed by atoms with Gasteiger partial charge in [-0.15, -0.1) is 0 Å². The molecule has 6 nitrogen and oxygen atoms in total. The van der Waals surface area contributed by atoms with Gasteiger partial charge in [-0.1, -0.05) is 0 Å². The molecule has 1 N–H and O–H groups in total. The number of carbonyl (C=O) groups excluding carboxylic acids is 1. The smallest absolute Gasteiger partial charge is 0.329 e. The van der Waals surface area contributed by atoms with E-state index in [2.05, 4.69) is 0 Å². The van der Waals surface area contributed by atoms with Crippen LogP contribution in [0, 0.1) is 0 Å². The van der Waals surface area contributed by atoms with Crippen molar-refractivity contribution >= 4 is 11.9 Å². The Bertz CT molecular complexity index is 250. The molecule has 0 aromatic carbocycles. The molecule has 0 aromatic heterocycles. The van der Waals surface area contributed by atoms with Crippen LogP contribution in [0.4, 0.5) is 0 Å². The van der Waals surface area contributed by atoms with Crippen molar-refractivity contribution in [1.29, 1.82) is 0 Å². The lowest BCUT2D eigenvalue weighted by atomic mass is 10.2. The summed E-state index contributed by atoms with van der Waals surface area (Å²) in [5.74, 6) is -1.30. The second-order valence-corrected chi connectivity index (χ2v) is 3.80. The Morgan fingerprint density at radius 3 is 2.81 bits per heavy atom. The van der Waals surface area contributed by atoms with E-state index in [-0.39, 0.29) is 18.6 Å². The van der Waals surface area contributed by atoms with Gasteiger partial charge in [-0.2, -0.15) is 0 Å². The summed E-state index contributed by atoms with van der Waals surface area (Å²) in [6, 6.07) is 0. The maximum absolute atomic E-state index is 11.5. The van der Waals surface area contributed by atoms with Crippen LogP contribution in [0.3, 0.4) is 0 Å². The van der Waals surface area contributed by atoms with Crippen molar-refractivity contribution in [2.75, 3.05) is 33.4 Å². The Hall–Kier alpha value is -1.14. The molecule has 1 aliphatic heterocycles. The van der Waals surface area contributed by atoms with Gasteiger partial charge in [0, 0.05) is 20.2 Å². The molecule has 0 bridgehead atoms. The molecule has 1 atom stereocenters. The van der Waals surface area contributed by atoms with E-state index in [1.807, 2.05) is 0 Å². The molecular formula is C10H17NO5. The monoisotopic (exact) mass is 231 g/mol. The first kappa shape index (κ1) is 12.9. The number of aliphatic carboxylic acids is 1. The number of carboxylic acid groups (broad SMARTS) is 1. The molecule has 1 aliphatic rings. The highest BCUT2D eigenvalue weighted by Gasteiger charge is 2.20. The van der Waals surface area contributed by atoms with Crippen molar-refractivity contribution in [1.82, 2.24) is 4.90 Å². The van der Waals surface area contributed by atoms with Crippen LogP contribution in [0.25, 0.3) is 0 Å². The molecule has 1 fully saturated rings. The largest absolute Gasteiger partial charge is 0.480 e. The zero-order chi connectivity index (χ0) is 12.0. The van der Waals surface area contributed by atoms with Crippen LogP contribution in [0.5, 0.6) is 0 Å². The lowest BCUT2D eigenvalue weighted by Crippen LogP contribution is -2.36. The quantitative estimate of drug-likeness (QED) is 0.680. The Morgan fingerprint density at radius 1 is 1.50 bits per heavy atom. The molecule has 1 unspecified atom stereocenters. The Balaban J connectivity index is 2.16. The summed E-state index contributed by atoms with van der Waals surface area (Å²) in [5.41, 5.74) is 0. The molecule has 6 heteroatoms. The van der Waals surface area contributed by atoms with Crippen LogP contribution in [0.1, 0.15) is 12.8 Å². The van der Waals surface area contributed by atoms with E-state index in [0.717, 1.165) is 19.4 Å². The first-order valence-corrected chi connectivity index (χ1v) is 5.24. The van der Waals surface area contributed by atoms with Crippen molar-refractivity contribution in [2.45, 2.75) is 18.9 Å². The number of ether oxygens (including phenoxy) is 2. The van der Waals surface area contributed by atoms with Gasteiger partial charge in [0.2, 0.25) is 5.91 Å². The Morgan fingerprint density at radius 2 is 2.25 bits per heavy atom. The summed E-state index contributed by atoms with van der Waals surface area (Å²) >= 11 is 0. The van der Waals surface area contributed by atoms with Gasteiger partial charge in [-0.25, -0.2) is 4.79 Å². The Kier molecular flexibility index (Phi) is 5.21. The minimum atomic E-state index is -1.07. The Labute approximate surface area is 94.1 Å². The third-order valence-corrected chi connectivity index (χ3v) is 2.38. The summed E-state index contributed by atoms with van der Waals surface area (Å²) in [6.07, 6.45) is 2.10. The fourth-order valence-corrected chi connectivity index (χ4v) is 1.53. The average molecular weight is 231 g/mol. The van der Waals surface area contributed by atoms with Crippen LogP contribution in [-0.4, -0.2) is 61.4 Å². The topological polar surface area (TPSA) is 76.1 Å². The van der Waals surface area contributed by atoms with Crippen molar-refractivity contribution in [2.24, 2.45) is 0 Å².